The molecule has 6 N–H and O–H groups in total. The number of hydrogen-bond acceptors (Lipinski definition) is 18. The highest BCUT2D eigenvalue weighted by molar-refractivity contribution is 5.80. The minimum Gasteiger partial charge on any atom is -0.465 e. The van der Waals surface area contributed by atoms with Gasteiger partial charge in [-0.25, -0.2) is 0 Å². The van der Waals surface area contributed by atoms with Gasteiger partial charge in [-0.2, -0.15) is 0 Å². The summed E-state index contributed by atoms with van der Waals surface area (Å²) in [6.45, 7) is 62.8. The number of ether oxygens (including phenoxy) is 6. The molecule has 0 aliphatic carbocycles. The van der Waals surface area contributed by atoms with Gasteiger partial charge in [0.05, 0.1) is 37.1 Å². The zero-order valence-corrected chi connectivity index (χ0v) is 60.7. The normalized spacial score (nSPS) is 13.1. The Hall–Kier alpha value is -4.20. The Kier molecular flexibility index (Phi) is 51.3. The van der Waals surface area contributed by atoms with Crippen molar-refractivity contribution in [2.75, 3.05) is 6.61 Å². The van der Waals surface area contributed by atoms with Crippen molar-refractivity contribution in [1.29, 1.82) is 0 Å². The molecule has 18 nitrogen and oxygen atoms in total. The molecular weight excluding hydrogens is 1090 g/mol. The van der Waals surface area contributed by atoms with Crippen molar-refractivity contribution in [1.82, 2.24) is 31.9 Å². The van der Waals surface area contributed by atoms with Gasteiger partial charge >= 0.3 is 35.8 Å². The number of nitrogens with one attached hydrogen (secondary N) is 6. The van der Waals surface area contributed by atoms with E-state index >= 15 is 0 Å². The first-order chi connectivity index (χ1) is 39.2. The number of rotatable bonds is 30. The molecule has 4 atom stereocenters. The largest absolute Gasteiger partial charge is 0.465 e. The quantitative estimate of drug-likeness (QED) is 0.0311. The van der Waals surface area contributed by atoms with Crippen molar-refractivity contribution in [2.24, 2.45) is 5.92 Å². The van der Waals surface area contributed by atoms with Crippen LogP contribution in [0.1, 0.15) is 253 Å². The van der Waals surface area contributed by atoms with Crippen LogP contribution in [0.5, 0.6) is 0 Å². The van der Waals surface area contributed by atoms with Crippen LogP contribution in [0, 0.1) is 5.92 Å². The Balaban J connectivity index is -0.000000307. The monoisotopic (exact) mass is 1230 g/mol. The van der Waals surface area contributed by atoms with E-state index in [1.54, 1.807) is 0 Å². The van der Waals surface area contributed by atoms with Gasteiger partial charge < -0.3 is 55.0 Å². The Morgan fingerprint density at radius 3 is 1.06 bits per heavy atom. The Labute approximate surface area is 526 Å². The molecule has 0 fully saturated rings. The molecule has 1 aromatic rings. The highest BCUT2D eigenvalue weighted by Crippen LogP contribution is 2.12. The second-order valence-electron chi connectivity index (χ2n) is 27.1. The van der Waals surface area contributed by atoms with Gasteiger partial charge in [0, 0.05) is 35.7 Å². The van der Waals surface area contributed by atoms with Gasteiger partial charge in [0.1, 0.15) is 35.2 Å². The lowest BCUT2D eigenvalue weighted by Crippen LogP contribution is -2.51. The molecule has 86 heavy (non-hydrogen) atoms. The molecular formula is C68H134N6O12. The van der Waals surface area contributed by atoms with Gasteiger partial charge in [-0.05, 0) is 189 Å². The molecule has 1 rings (SSSR count). The lowest BCUT2D eigenvalue weighted by atomic mass is 10.0. The summed E-state index contributed by atoms with van der Waals surface area (Å²) in [7, 11) is 0. The third-order valence-electron chi connectivity index (χ3n) is 10.7. The molecule has 0 radical (unpaired) electrons. The van der Waals surface area contributed by atoms with E-state index in [0.717, 1.165) is 31.2 Å². The number of hydrogen-bond donors (Lipinski definition) is 6. The van der Waals surface area contributed by atoms with E-state index in [9.17, 15) is 28.8 Å². The number of esters is 6. The highest BCUT2D eigenvalue weighted by atomic mass is 16.6. The van der Waals surface area contributed by atoms with Crippen molar-refractivity contribution >= 4 is 35.8 Å². The third-order valence-corrected chi connectivity index (χ3v) is 10.7. The van der Waals surface area contributed by atoms with Crippen molar-refractivity contribution in [3.8, 4) is 0 Å². The molecule has 0 bridgehead atoms. The summed E-state index contributed by atoms with van der Waals surface area (Å²) in [6.07, 6.45) is 3.79. The van der Waals surface area contributed by atoms with Crippen LogP contribution in [0.3, 0.4) is 0 Å². The SMILES string of the molecule is CC(C)C[C@H](NC(C)C)C(=O)OC(C)C.CC(C)NC(C)(C)C(=O)OC(C)C.CC(C)N[C@@H](Cc1ccccc1)C(=O)OC(C)C.CCC[C@H](NC(C)(C)C)C(=O)OC(C)C.CCOC(=O)C(C)(C)NC(C)C.CC[C@H](NC(C)C)C(=O)OC(C)C. The molecule has 0 saturated carbocycles. The van der Waals surface area contributed by atoms with Crippen LogP contribution in [0.4, 0.5) is 0 Å². The second kappa shape index (κ2) is 48.7. The van der Waals surface area contributed by atoms with Crippen molar-refractivity contribution in [3.63, 3.8) is 0 Å². The maximum absolute atomic E-state index is 12.0. The zero-order valence-electron chi connectivity index (χ0n) is 60.7. The van der Waals surface area contributed by atoms with Crippen LogP contribution in [-0.2, 0) is 63.6 Å². The molecule has 0 amide bonds. The number of carbonyl (C=O) groups excluding carboxylic acids is 6. The van der Waals surface area contributed by atoms with Crippen molar-refractivity contribution in [2.45, 2.75) is 355 Å². The van der Waals surface area contributed by atoms with E-state index in [2.05, 4.69) is 73.4 Å². The molecule has 0 aliphatic rings. The smallest absolute Gasteiger partial charge is 0.326 e. The molecule has 1 aromatic carbocycles. The van der Waals surface area contributed by atoms with E-state index in [1.807, 2.05) is 210 Å². The number of benzene rings is 1. The van der Waals surface area contributed by atoms with Crippen molar-refractivity contribution < 1.29 is 57.2 Å². The van der Waals surface area contributed by atoms with Crippen LogP contribution < -0.4 is 31.9 Å². The fraction of sp³-hybridized carbons (Fsp3) is 0.824. The lowest BCUT2D eigenvalue weighted by Gasteiger charge is -2.27. The summed E-state index contributed by atoms with van der Waals surface area (Å²) in [5, 5.41) is 19.2. The van der Waals surface area contributed by atoms with Gasteiger partial charge in [0.25, 0.3) is 0 Å². The van der Waals surface area contributed by atoms with Crippen LogP contribution >= 0.6 is 0 Å². The predicted molar refractivity (Wildman–Crippen MR) is 355 cm³/mol. The van der Waals surface area contributed by atoms with Crippen LogP contribution in [0.2, 0.25) is 0 Å². The van der Waals surface area contributed by atoms with Crippen LogP contribution in [-0.4, -0.2) is 144 Å². The highest BCUT2D eigenvalue weighted by Gasteiger charge is 2.31. The maximum atomic E-state index is 12.0. The van der Waals surface area contributed by atoms with Crippen molar-refractivity contribution in [3.05, 3.63) is 35.9 Å². The number of carbonyl (C=O) groups is 6. The molecule has 18 heteroatoms. The second-order valence-corrected chi connectivity index (χ2v) is 27.1. The first-order valence-electron chi connectivity index (χ1n) is 32.0. The molecule has 0 aromatic heterocycles. The molecule has 0 unspecified atom stereocenters. The topological polar surface area (TPSA) is 230 Å². The summed E-state index contributed by atoms with van der Waals surface area (Å²) in [6, 6.07) is 10.6. The minimum atomic E-state index is -0.599. The van der Waals surface area contributed by atoms with Gasteiger partial charge in [0.15, 0.2) is 0 Å². The fourth-order valence-corrected chi connectivity index (χ4v) is 7.88. The predicted octanol–water partition coefficient (Wildman–Crippen LogP) is 12.1. The van der Waals surface area contributed by atoms with E-state index in [0.29, 0.717) is 31.0 Å². The summed E-state index contributed by atoms with van der Waals surface area (Å²) in [4.78, 5) is 69.8. The standard InChI is InChI=1S/C15H23NO2.2C12H25NO2.2C10H21NO2.C9H19NO2/c1-11(2)16-14(15(17)18-12(3)4)10-13-8-6-5-7-9-13;1-8(2)7-11(13-9(3)4)12(14)15-10(5)6;1-7-8-10(13-12(4,5)6)11(14)15-9(2)3;1-7(2)11-10(5,6)9(12)13-8(3)4;1-6-9(11-7(2)3)10(12)13-8(4)5;1-6-12-8(11)9(4,5)10-7(2)3/h5-9,11-12,14,16H,10H2,1-4H3;8-11,13H,7H2,1-6H3;9-10,13H,7-8H2,1-6H3;7-8,11H,1-6H3;7-9,11H,6H2,1-5H3;7,10H,6H2,1-5H3/t14-;11-;10-;;9-;/m000.0./s1. The Bertz CT molecular complexity index is 1880. The zero-order chi connectivity index (χ0) is 68.5. The lowest BCUT2D eigenvalue weighted by molar-refractivity contribution is -0.154. The van der Waals surface area contributed by atoms with Crippen LogP contribution in [0.15, 0.2) is 30.3 Å². The van der Waals surface area contributed by atoms with Gasteiger partial charge in [-0.1, -0.05) is 106 Å². The molecule has 0 aliphatic heterocycles. The first-order valence-corrected chi connectivity index (χ1v) is 32.0. The van der Waals surface area contributed by atoms with E-state index in [-0.39, 0.29) is 114 Å². The molecule has 0 saturated heterocycles. The molecule has 508 valence electrons. The average molecular weight is 1230 g/mol. The van der Waals surface area contributed by atoms with E-state index in [1.165, 1.54) is 0 Å². The van der Waals surface area contributed by atoms with Gasteiger partial charge in [-0.3, -0.25) is 34.1 Å². The first kappa shape index (κ1) is 90.5. The summed E-state index contributed by atoms with van der Waals surface area (Å²) >= 11 is 0. The van der Waals surface area contributed by atoms with Gasteiger partial charge in [-0.15, -0.1) is 0 Å². The average Bonchev–Trinajstić information content (AvgIpc) is 3.31. The molecule has 0 heterocycles. The summed E-state index contributed by atoms with van der Waals surface area (Å²) < 4.78 is 30.8. The Morgan fingerprint density at radius 2 is 0.744 bits per heavy atom. The van der Waals surface area contributed by atoms with E-state index in [4.69, 9.17) is 28.4 Å². The third kappa shape index (κ3) is 55.1. The summed E-state index contributed by atoms with van der Waals surface area (Å²) in [5.74, 6) is -0.501. The molecule has 0 spiro atoms. The minimum absolute atomic E-state index is 0.0319. The Morgan fingerprint density at radius 1 is 0.407 bits per heavy atom. The summed E-state index contributed by atoms with van der Waals surface area (Å²) in [5.41, 5.74) is -0.102. The maximum Gasteiger partial charge on any atom is 0.326 e. The fourth-order valence-electron chi connectivity index (χ4n) is 7.88. The van der Waals surface area contributed by atoms with Crippen LogP contribution in [0.25, 0.3) is 0 Å². The van der Waals surface area contributed by atoms with Gasteiger partial charge in [0.2, 0.25) is 0 Å². The van der Waals surface area contributed by atoms with E-state index < -0.39 is 11.1 Å².